The second kappa shape index (κ2) is 8.43. The van der Waals surface area contributed by atoms with Crippen LogP contribution in [0.25, 0.3) is 0 Å². The summed E-state index contributed by atoms with van der Waals surface area (Å²) in [6, 6.07) is 6.03. The van der Waals surface area contributed by atoms with Gasteiger partial charge in [0, 0.05) is 24.4 Å². The molecule has 5 nitrogen and oxygen atoms in total. The van der Waals surface area contributed by atoms with Crippen LogP contribution in [0.2, 0.25) is 0 Å². The fourth-order valence-corrected chi connectivity index (χ4v) is 2.86. The highest BCUT2D eigenvalue weighted by Gasteiger charge is 2.12. The summed E-state index contributed by atoms with van der Waals surface area (Å²) in [5, 5.41) is 12.6. The molecule has 0 aromatic heterocycles. The van der Waals surface area contributed by atoms with Crippen LogP contribution in [0.5, 0.6) is 0 Å². The molecule has 0 saturated carbocycles. The van der Waals surface area contributed by atoms with Crippen molar-refractivity contribution in [3.63, 3.8) is 0 Å². The van der Waals surface area contributed by atoms with E-state index in [9.17, 15) is 17.9 Å². The molecular weight excluding hydrogens is 297 g/mol. The summed E-state index contributed by atoms with van der Waals surface area (Å²) in [5.74, 6) is -0.331. The van der Waals surface area contributed by atoms with Gasteiger partial charge in [0.05, 0.1) is 25.1 Å². The second-order valence-electron chi connectivity index (χ2n) is 5.16. The lowest BCUT2D eigenvalue weighted by Gasteiger charge is -2.16. The van der Waals surface area contributed by atoms with Crippen LogP contribution < -0.4 is 5.32 Å². The number of aliphatic hydroxyl groups excluding tert-OH is 1. The first-order valence-corrected chi connectivity index (χ1v) is 8.74. The van der Waals surface area contributed by atoms with E-state index in [0.29, 0.717) is 5.56 Å². The lowest BCUT2D eigenvalue weighted by molar-refractivity contribution is 0.0271. The lowest BCUT2D eigenvalue weighted by Crippen LogP contribution is -2.39. The molecule has 0 aliphatic carbocycles. The van der Waals surface area contributed by atoms with Crippen molar-refractivity contribution in [2.45, 2.75) is 25.7 Å². The molecule has 0 radical (unpaired) electrons. The first-order chi connectivity index (χ1) is 9.78. The molecule has 2 N–H and O–H groups in total. The molecule has 1 rings (SSSR count). The van der Waals surface area contributed by atoms with Crippen LogP contribution in [0.3, 0.4) is 0 Å². The molecule has 21 heavy (non-hydrogen) atoms. The van der Waals surface area contributed by atoms with Gasteiger partial charge < -0.3 is 15.2 Å². The number of rotatable bonds is 9. The van der Waals surface area contributed by atoms with Crippen molar-refractivity contribution in [2.24, 2.45) is 0 Å². The summed E-state index contributed by atoms with van der Waals surface area (Å²) in [7, 11) is -3.05. The van der Waals surface area contributed by atoms with Gasteiger partial charge in [-0.2, -0.15) is 0 Å². The maximum absolute atomic E-state index is 13.3. The van der Waals surface area contributed by atoms with Gasteiger partial charge in [-0.15, -0.1) is 0 Å². The number of aliphatic hydroxyl groups is 1. The number of hydrogen-bond acceptors (Lipinski definition) is 5. The van der Waals surface area contributed by atoms with Crippen molar-refractivity contribution in [1.29, 1.82) is 0 Å². The van der Waals surface area contributed by atoms with E-state index in [2.05, 4.69) is 5.32 Å². The summed E-state index contributed by atoms with van der Waals surface area (Å²) < 4.78 is 40.7. The van der Waals surface area contributed by atoms with E-state index in [0.717, 1.165) is 0 Å². The van der Waals surface area contributed by atoms with Gasteiger partial charge in [0.2, 0.25) is 0 Å². The molecule has 0 aliphatic heterocycles. The van der Waals surface area contributed by atoms with E-state index in [1.807, 2.05) is 0 Å². The second-order valence-corrected chi connectivity index (χ2v) is 7.35. The highest BCUT2D eigenvalue weighted by molar-refractivity contribution is 7.90. The summed E-state index contributed by atoms with van der Waals surface area (Å²) in [6.07, 6.45) is 0.387. The van der Waals surface area contributed by atoms with Gasteiger partial charge in [-0.3, -0.25) is 0 Å². The third-order valence-electron chi connectivity index (χ3n) is 2.78. The van der Waals surface area contributed by atoms with Crippen LogP contribution in [-0.4, -0.2) is 50.8 Å². The van der Waals surface area contributed by atoms with E-state index in [-0.39, 0.29) is 37.4 Å². The molecule has 0 amide bonds. The molecule has 0 bridgehead atoms. The Bertz CT molecular complexity index is 536. The Hall–Kier alpha value is -1.02. The van der Waals surface area contributed by atoms with Crippen LogP contribution in [0.4, 0.5) is 4.39 Å². The smallest absolute Gasteiger partial charge is 0.148 e. The Balaban J connectivity index is 2.23. The number of ether oxygens (including phenoxy) is 1. The third-order valence-corrected chi connectivity index (χ3v) is 3.89. The third kappa shape index (κ3) is 8.11. The standard InChI is InChI=1S/C14H22FNO4S/c1-11(10-21(2,18)19)16-7-13(17)9-20-8-12-5-3-4-6-14(12)15/h3-6,11,13,16-17H,7-10H2,1-2H3. The number of hydrogen-bond donors (Lipinski definition) is 2. The minimum absolute atomic E-state index is 0.00973. The Morgan fingerprint density at radius 2 is 2.05 bits per heavy atom. The predicted molar refractivity (Wildman–Crippen MR) is 79.2 cm³/mol. The topological polar surface area (TPSA) is 75.6 Å². The van der Waals surface area contributed by atoms with Crippen LogP contribution in [0, 0.1) is 5.82 Å². The molecule has 0 heterocycles. The zero-order valence-electron chi connectivity index (χ0n) is 12.3. The minimum Gasteiger partial charge on any atom is -0.389 e. The van der Waals surface area contributed by atoms with Crippen molar-refractivity contribution in [2.75, 3.05) is 25.2 Å². The van der Waals surface area contributed by atoms with Gasteiger partial charge >= 0.3 is 0 Å². The van der Waals surface area contributed by atoms with E-state index in [1.165, 1.54) is 12.3 Å². The van der Waals surface area contributed by atoms with Gasteiger partial charge in [0.1, 0.15) is 15.7 Å². The van der Waals surface area contributed by atoms with Crippen LogP contribution >= 0.6 is 0 Å². The highest BCUT2D eigenvalue weighted by atomic mass is 32.2. The van der Waals surface area contributed by atoms with E-state index >= 15 is 0 Å². The predicted octanol–water partition coefficient (Wildman–Crippen LogP) is 0.726. The molecule has 0 spiro atoms. The Labute approximate surface area is 125 Å². The fourth-order valence-electron chi connectivity index (χ4n) is 1.83. The van der Waals surface area contributed by atoms with Gasteiger partial charge in [-0.05, 0) is 13.0 Å². The molecular formula is C14H22FNO4S. The molecule has 1 aromatic rings. The summed E-state index contributed by atoms with van der Waals surface area (Å²) >= 11 is 0. The van der Waals surface area contributed by atoms with Crippen molar-refractivity contribution in [1.82, 2.24) is 5.32 Å². The highest BCUT2D eigenvalue weighted by Crippen LogP contribution is 2.07. The molecule has 120 valence electrons. The minimum atomic E-state index is -3.05. The maximum atomic E-state index is 13.3. The van der Waals surface area contributed by atoms with Crippen molar-refractivity contribution in [3.8, 4) is 0 Å². The Kier molecular flexibility index (Phi) is 7.24. The zero-order valence-corrected chi connectivity index (χ0v) is 13.1. The quantitative estimate of drug-likeness (QED) is 0.702. The van der Waals surface area contributed by atoms with E-state index < -0.39 is 15.9 Å². The molecule has 2 atom stereocenters. The van der Waals surface area contributed by atoms with Gasteiger partial charge in [0.25, 0.3) is 0 Å². The molecule has 0 fully saturated rings. The first-order valence-electron chi connectivity index (χ1n) is 6.68. The van der Waals surface area contributed by atoms with E-state index in [1.54, 1.807) is 25.1 Å². The fraction of sp³-hybridized carbons (Fsp3) is 0.571. The van der Waals surface area contributed by atoms with Crippen LogP contribution in [0.15, 0.2) is 24.3 Å². The van der Waals surface area contributed by atoms with Crippen molar-refractivity contribution in [3.05, 3.63) is 35.6 Å². The summed E-state index contributed by atoms with van der Waals surface area (Å²) in [6.45, 7) is 2.08. The monoisotopic (exact) mass is 319 g/mol. The largest absolute Gasteiger partial charge is 0.389 e. The van der Waals surface area contributed by atoms with Gasteiger partial charge in [-0.25, -0.2) is 12.8 Å². The van der Waals surface area contributed by atoms with Crippen LogP contribution in [-0.2, 0) is 21.2 Å². The maximum Gasteiger partial charge on any atom is 0.148 e. The van der Waals surface area contributed by atoms with Crippen molar-refractivity contribution < 1.29 is 22.7 Å². The van der Waals surface area contributed by atoms with Gasteiger partial charge in [0.15, 0.2) is 0 Å². The average Bonchev–Trinajstić information content (AvgIpc) is 2.37. The van der Waals surface area contributed by atoms with Crippen molar-refractivity contribution >= 4 is 9.84 Å². The molecule has 7 heteroatoms. The molecule has 0 aliphatic rings. The van der Waals surface area contributed by atoms with Crippen LogP contribution in [0.1, 0.15) is 12.5 Å². The zero-order chi connectivity index (χ0) is 15.9. The van der Waals surface area contributed by atoms with Gasteiger partial charge in [-0.1, -0.05) is 18.2 Å². The summed E-state index contributed by atoms with van der Waals surface area (Å²) in [5.41, 5.74) is 0.433. The average molecular weight is 319 g/mol. The number of sulfone groups is 1. The SMILES string of the molecule is CC(CS(C)(=O)=O)NCC(O)COCc1ccccc1F. The normalized spacial score (nSPS) is 14.9. The molecule has 1 aromatic carbocycles. The number of halogens is 1. The molecule has 2 unspecified atom stereocenters. The Morgan fingerprint density at radius 1 is 1.38 bits per heavy atom. The summed E-state index contributed by atoms with van der Waals surface area (Å²) in [4.78, 5) is 0. The number of benzene rings is 1. The first kappa shape index (κ1) is 18.0. The molecule has 0 saturated heterocycles. The van der Waals surface area contributed by atoms with E-state index in [4.69, 9.17) is 4.74 Å². The Morgan fingerprint density at radius 3 is 2.67 bits per heavy atom. The lowest BCUT2D eigenvalue weighted by atomic mass is 10.2. The number of nitrogens with one attached hydrogen (secondary N) is 1.